The molecule has 6 nitrogen and oxygen atoms in total. The highest BCUT2D eigenvalue weighted by Gasteiger charge is 2.13. The number of fused-ring (bicyclic) bond motifs is 1. The van der Waals surface area contributed by atoms with Gasteiger partial charge in [-0.3, -0.25) is 9.59 Å². The summed E-state index contributed by atoms with van der Waals surface area (Å²) < 4.78 is 5.61. The molecule has 35 heavy (non-hydrogen) atoms. The van der Waals surface area contributed by atoms with Gasteiger partial charge in [0.1, 0.15) is 5.58 Å². The van der Waals surface area contributed by atoms with Gasteiger partial charge in [-0.05, 0) is 47.5 Å². The first-order valence-electron chi connectivity index (χ1n) is 11.7. The van der Waals surface area contributed by atoms with Crippen molar-refractivity contribution >= 4 is 45.9 Å². The SMILES string of the molecule is O=C(Cc1ccc(NC(=O)c2cc3ccccc3o2)cc1)NCc1ccc(N2CCSCC2)cc1. The van der Waals surface area contributed by atoms with E-state index in [1.807, 2.05) is 48.2 Å². The van der Waals surface area contributed by atoms with Crippen molar-refractivity contribution in [3.05, 3.63) is 95.7 Å². The molecule has 0 bridgehead atoms. The molecule has 0 radical (unpaired) electrons. The van der Waals surface area contributed by atoms with Crippen LogP contribution in [-0.4, -0.2) is 36.4 Å². The van der Waals surface area contributed by atoms with E-state index in [0.29, 0.717) is 17.8 Å². The summed E-state index contributed by atoms with van der Waals surface area (Å²) in [5.74, 6) is 2.26. The van der Waals surface area contributed by atoms with E-state index in [9.17, 15) is 9.59 Å². The second kappa shape index (κ2) is 10.7. The van der Waals surface area contributed by atoms with Gasteiger partial charge in [-0.1, -0.05) is 42.5 Å². The Morgan fingerprint density at radius 1 is 0.886 bits per heavy atom. The van der Waals surface area contributed by atoms with Crippen molar-refractivity contribution < 1.29 is 14.0 Å². The second-order valence-electron chi connectivity index (χ2n) is 8.52. The third kappa shape index (κ3) is 5.87. The van der Waals surface area contributed by atoms with E-state index >= 15 is 0 Å². The molecule has 0 atom stereocenters. The van der Waals surface area contributed by atoms with Gasteiger partial charge in [0, 0.05) is 47.9 Å². The third-order valence-electron chi connectivity index (χ3n) is 6.03. The number of amides is 2. The van der Waals surface area contributed by atoms with Gasteiger partial charge in [0.2, 0.25) is 5.91 Å². The lowest BCUT2D eigenvalue weighted by molar-refractivity contribution is -0.120. The number of nitrogens with one attached hydrogen (secondary N) is 2. The summed E-state index contributed by atoms with van der Waals surface area (Å²) in [6.07, 6.45) is 0.279. The average molecular weight is 486 g/mol. The highest BCUT2D eigenvalue weighted by atomic mass is 32.2. The molecule has 4 aromatic rings. The fourth-order valence-electron chi connectivity index (χ4n) is 4.09. The minimum atomic E-state index is -0.308. The number of para-hydroxylation sites is 1. The standard InChI is InChI=1S/C28H27N3O3S/c32-27(29-19-21-7-11-24(12-8-21)31-13-15-35-16-14-31)17-20-5-9-23(10-6-20)30-28(33)26-18-22-3-1-2-4-25(22)34-26/h1-12,18H,13-17,19H2,(H,29,32)(H,30,33). The molecule has 3 aromatic carbocycles. The van der Waals surface area contributed by atoms with Crippen molar-refractivity contribution in [2.24, 2.45) is 0 Å². The Kier molecular flexibility index (Phi) is 7.04. The summed E-state index contributed by atoms with van der Waals surface area (Å²) in [7, 11) is 0. The van der Waals surface area contributed by atoms with E-state index in [2.05, 4.69) is 39.8 Å². The predicted octanol–water partition coefficient (Wildman–Crippen LogP) is 5.10. The smallest absolute Gasteiger partial charge is 0.291 e. The molecule has 1 aliphatic rings. The maximum Gasteiger partial charge on any atom is 0.291 e. The molecule has 0 saturated carbocycles. The normalized spacial score (nSPS) is 13.5. The summed E-state index contributed by atoms with van der Waals surface area (Å²) in [5.41, 5.74) is 4.52. The Balaban J connectivity index is 1.10. The molecule has 2 amide bonds. The molecule has 0 aliphatic carbocycles. The van der Waals surface area contributed by atoms with Crippen molar-refractivity contribution in [3.63, 3.8) is 0 Å². The fraction of sp³-hybridized carbons (Fsp3) is 0.214. The predicted molar refractivity (Wildman–Crippen MR) is 142 cm³/mol. The first-order chi connectivity index (χ1) is 17.1. The minimum Gasteiger partial charge on any atom is -0.451 e. The maximum atomic E-state index is 12.5. The highest BCUT2D eigenvalue weighted by molar-refractivity contribution is 7.99. The molecule has 1 aromatic heterocycles. The van der Waals surface area contributed by atoms with E-state index in [0.717, 1.165) is 29.6 Å². The second-order valence-corrected chi connectivity index (χ2v) is 9.74. The Labute approximate surface area is 208 Å². The molecule has 0 unspecified atom stereocenters. The van der Waals surface area contributed by atoms with Crippen molar-refractivity contribution in [2.75, 3.05) is 34.8 Å². The van der Waals surface area contributed by atoms with Gasteiger partial charge in [-0.2, -0.15) is 11.8 Å². The zero-order valence-electron chi connectivity index (χ0n) is 19.3. The van der Waals surface area contributed by atoms with Crippen molar-refractivity contribution in [3.8, 4) is 0 Å². The van der Waals surface area contributed by atoms with Gasteiger partial charge >= 0.3 is 0 Å². The van der Waals surface area contributed by atoms with Crippen LogP contribution in [0.15, 0.2) is 83.3 Å². The van der Waals surface area contributed by atoms with Gasteiger partial charge in [0.05, 0.1) is 6.42 Å². The summed E-state index contributed by atoms with van der Waals surface area (Å²) >= 11 is 2.00. The number of carbonyl (C=O) groups is 2. The molecule has 5 rings (SSSR count). The topological polar surface area (TPSA) is 74.6 Å². The van der Waals surface area contributed by atoms with Crippen molar-refractivity contribution in [1.82, 2.24) is 5.32 Å². The number of rotatable bonds is 7. The van der Waals surface area contributed by atoms with Crippen LogP contribution < -0.4 is 15.5 Å². The Morgan fingerprint density at radius 3 is 2.34 bits per heavy atom. The van der Waals surface area contributed by atoms with Gasteiger partial charge in [-0.25, -0.2) is 0 Å². The van der Waals surface area contributed by atoms with E-state index in [1.165, 1.54) is 17.2 Å². The van der Waals surface area contributed by atoms with Crippen LogP contribution in [0.5, 0.6) is 0 Å². The van der Waals surface area contributed by atoms with E-state index in [-0.39, 0.29) is 24.0 Å². The van der Waals surface area contributed by atoms with Crippen LogP contribution in [0.4, 0.5) is 11.4 Å². The summed E-state index contributed by atoms with van der Waals surface area (Å²) in [4.78, 5) is 27.3. The van der Waals surface area contributed by atoms with Gasteiger partial charge in [0.15, 0.2) is 5.76 Å². The van der Waals surface area contributed by atoms with Crippen molar-refractivity contribution in [1.29, 1.82) is 0 Å². The maximum absolute atomic E-state index is 12.5. The number of anilines is 2. The van der Waals surface area contributed by atoms with Gasteiger partial charge in [-0.15, -0.1) is 0 Å². The number of hydrogen-bond acceptors (Lipinski definition) is 5. The lowest BCUT2D eigenvalue weighted by Crippen LogP contribution is -2.32. The number of carbonyl (C=O) groups excluding carboxylic acids is 2. The Bertz CT molecular complexity index is 1280. The molecule has 178 valence electrons. The lowest BCUT2D eigenvalue weighted by Gasteiger charge is -2.28. The number of hydrogen-bond donors (Lipinski definition) is 2. The lowest BCUT2D eigenvalue weighted by atomic mass is 10.1. The monoisotopic (exact) mass is 485 g/mol. The fourth-order valence-corrected chi connectivity index (χ4v) is 4.99. The Morgan fingerprint density at radius 2 is 1.60 bits per heavy atom. The quantitative estimate of drug-likeness (QED) is 0.381. The van der Waals surface area contributed by atoms with Crippen molar-refractivity contribution in [2.45, 2.75) is 13.0 Å². The average Bonchev–Trinajstić information content (AvgIpc) is 3.34. The molecule has 0 spiro atoms. The molecule has 1 fully saturated rings. The van der Waals surface area contributed by atoms with Crippen LogP contribution in [0.2, 0.25) is 0 Å². The number of nitrogens with zero attached hydrogens (tertiary/aromatic N) is 1. The molecule has 1 saturated heterocycles. The van der Waals surface area contributed by atoms with E-state index in [1.54, 1.807) is 18.2 Å². The zero-order valence-corrected chi connectivity index (χ0v) is 20.1. The van der Waals surface area contributed by atoms with Crippen LogP contribution in [0.25, 0.3) is 11.0 Å². The molecular weight excluding hydrogens is 458 g/mol. The summed E-state index contributed by atoms with van der Waals surface area (Å²) in [6.45, 7) is 2.67. The molecule has 1 aliphatic heterocycles. The van der Waals surface area contributed by atoms with Crippen LogP contribution >= 0.6 is 11.8 Å². The van der Waals surface area contributed by atoms with Crippen LogP contribution in [-0.2, 0) is 17.8 Å². The van der Waals surface area contributed by atoms with E-state index < -0.39 is 0 Å². The van der Waals surface area contributed by atoms with Crippen LogP contribution in [0.3, 0.4) is 0 Å². The summed E-state index contributed by atoms with van der Waals surface area (Å²) in [6, 6.07) is 24.9. The number of thioether (sulfide) groups is 1. The number of benzene rings is 3. The van der Waals surface area contributed by atoms with Gasteiger partial charge in [0.25, 0.3) is 5.91 Å². The minimum absolute atomic E-state index is 0.0406. The zero-order chi connectivity index (χ0) is 24.0. The molecule has 2 heterocycles. The van der Waals surface area contributed by atoms with Crippen LogP contribution in [0.1, 0.15) is 21.7 Å². The Hall–Kier alpha value is -3.71. The largest absolute Gasteiger partial charge is 0.451 e. The van der Waals surface area contributed by atoms with Gasteiger partial charge < -0.3 is 20.0 Å². The first-order valence-corrected chi connectivity index (χ1v) is 12.9. The first kappa shape index (κ1) is 23.1. The highest BCUT2D eigenvalue weighted by Crippen LogP contribution is 2.21. The third-order valence-corrected chi connectivity index (χ3v) is 6.97. The molecular formula is C28H27N3O3S. The molecule has 7 heteroatoms. The summed E-state index contributed by atoms with van der Waals surface area (Å²) in [5, 5.41) is 6.71. The van der Waals surface area contributed by atoms with Crippen LogP contribution in [0, 0.1) is 0 Å². The molecule has 2 N–H and O–H groups in total. The number of furan rings is 1. The van der Waals surface area contributed by atoms with E-state index in [4.69, 9.17) is 4.42 Å².